The van der Waals surface area contributed by atoms with Gasteiger partial charge < -0.3 is 19.5 Å². The number of likely N-dealkylation sites (N-methyl/N-ethyl adjacent to an activating group) is 1. The van der Waals surface area contributed by atoms with Gasteiger partial charge in [-0.25, -0.2) is 0 Å². The lowest BCUT2D eigenvalue weighted by atomic mass is 9.97. The second-order valence-electron chi connectivity index (χ2n) is 8.49. The van der Waals surface area contributed by atoms with E-state index in [2.05, 4.69) is 45.4 Å². The molecule has 0 spiro atoms. The Labute approximate surface area is 189 Å². The SMILES string of the molecule is Cc1nnc(-c2ccc(C)c(-c3ccc(C(=O)NCCCN4CCN(C)CC4)cc3)c2)o1. The molecule has 32 heavy (non-hydrogen) atoms. The summed E-state index contributed by atoms with van der Waals surface area (Å²) in [6, 6.07) is 13.8. The molecular weight excluding hydrogens is 402 g/mol. The van der Waals surface area contributed by atoms with Crippen molar-refractivity contribution in [2.75, 3.05) is 46.3 Å². The number of benzene rings is 2. The van der Waals surface area contributed by atoms with Gasteiger partial charge in [0.15, 0.2) is 0 Å². The van der Waals surface area contributed by atoms with Crippen molar-refractivity contribution in [2.45, 2.75) is 20.3 Å². The number of hydrogen-bond acceptors (Lipinski definition) is 6. The molecule has 0 aliphatic carbocycles. The fraction of sp³-hybridized carbons (Fsp3) is 0.400. The number of aryl methyl sites for hydroxylation is 2. The summed E-state index contributed by atoms with van der Waals surface area (Å²) < 4.78 is 5.56. The van der Waals surface area contributed by atoms with Gasteiger partial charge in [0.1, 0.15) is 0 Å². The fourth-order valence-corrected chi connectivity index (χ4v) is 3.96. The van der Waals surface area contributed by atoms with Crippen molar-refractivity contribution in [3.05, 3.63) is 59.5 Å². The summed E-state index contributed by atoms with van der Waals surface area (Å²) in [5, 5.41) is 11.1. The number of nitrogens with one attached hydrogen (secondary N) is 1. The molecule has 0 saturated carbocycles. The van der Waals surface area contributed by atoms with Gasteiger partial charge >= 0.3 is 0 Å². The molecule has 2 aromatic carbocycles. The van der Waals surface area contributed by atoms with Crippen molar-refractivity contribution < 1.29 is 9.21 Å². The van der Waals surface area contributed by atoms with Crippen LogP contribution in [0.5, 0.6) is 0 Å². The molecule has 1 N–H and O–H groups in total. The van der Waals surface area contributed by atoms with E-state index in [1.807, 2.05) is 36.4 Å². The first-order chi connectivity index (χ1) is 15.5. The highest BCUT2D eigenvalue weighted by Gasteiger charge is 2.14. The molecule has 7 nitrogen and oxygen atoms in total. The Hall–Kier alpha value is -3.03. The van der Waals surface area contributed by atoms with Crippen LogP contribution < -0.4 is 5.32 Å². The van der Waals surface area contributed by atoms with Crippen LogP contribution >= 0.6 is 0 Å². The normalized spacial score (nSPS) is 15.1. The van der Waals surface area contributed by atoms with E-state index in [0.29, 0.717) is 23.9 Å². The Balaban J connectivity index is 1.34. The van der Waals surface area contributed by atoms with Crippen LogP contribution in [0.2, 0.25) is 0 Å². The first-order valence-electron chi connectivity index (χ1n) is 11.2. The minimum absolute atomic E-state index is 0.0262. The van der Waals surface area contributed by atoms with E-state index in [1.165, 1.54) is 0 Å². The molecule has 1 saturated heterocycles. The van der Waals surface area contributed by atoms with Gasteiger partial charge in [-0.1, -0.05) is 18.2 Å². The second kappa shape index (κ2) is 10.1. The zero-order valence-corrected chi connectivity index (χ0v) is 19.1. The van der Waals surface area contributed by atoms with Gasteiger partial charge in [0.05, 0.1) is 0 Å². The number of carbonyl (C=O) groups excluding carboxylic acids is 1. The van der Waals surface area contributed by atoms with E-state index in [1.54, 1.807) is 6.92 Å². The Morgan fingerprint density at radius 3 is 2.41 bits per heavy atom. The predicted molar refractivity (Wildman–Crippen MR) is 126 cm³/mol. The molecular formula is C25H31N5O2. The molecule has 168 valence electrons. The lowest BCUT2D eigenvalue weighted by Gasteiger charge is -2.32. The molecule has 1 aliphatic heterocycles. The maximum atomic E-state index is 12.5. The number of rotatable bonds is 7. The highest BCUT2D eigenvalue weighted by atomic mass is 16.4. The van der Waals surface area contributed by atoms with Crippen molar-refractivity contribution in [2.24, 2.45) is 0 Å². The maximum Gasteiger partial charge on any atom is 0.251 e. The third-order valence-corrected chi connectivity index (χ3v) is 6.00. The second-order valence-corrected chi connectivity index (χ2v) is 8.49. The maximum absolute atomic E-state index is 12.5. The fourth-order valence-electron chi connectivity index (χ4n) is 3.96. The van der Waals surface area contributed by atoms with E-state index < -0.39 is 0 Å². The van der Waals surface area contributed by atoms with Crippen LogP contribution in [-0.4, -0.2) is 72.2 Å². The standard InChI is InChI=1S/C25H31N5O2/c1-18-5-6-22(25-28-27-19(2)32-25)17-23(18)20-7-9-21(10-8-20)24(31)26-11-4-12-30-15-13-29(3)14-16-30/h5-10,17H,4,11-16H2,1-3H3,(H,26,31). The van der Waals surface area contributed by atoms with Crippen LogP contribution in [0.15, 0.2) is 46.9 Å². The quantitative estimate of drug-likeness (QED) is 0.576. The molecule has 1 aromatic heterocycles. The summed E-state index contributed by atoms with van der Waals surface area (Å²) in [7, 11) is 2.16. The van der Waals surface area contributed by atoms with Gasteiger partial charge in [0.25, 0.3) is 5.91 Å². The number of piperazine rings is 1. The van der Waals surface area contributed by atoms with Crippen molar-refractivity contribution in [1.29, 1.82) is 0 Å². The Kier molecular flexibility index (Phi) is 6.97. The Morgan fingerprint density at radius 1 is 1.00 bits per heavy atom. The molecule has 1 fully saturated rings. The molecule has 0 bridgehead atoms. The van der Waals surface area contributed by atoms with Crippen LogP contribution in [0.1, 0.15) is 28.2 Å². The minimum Gasteiger partial charge on any atom is -0.421 e. The number of aromatic nitrogens is 2. The summed E-state index contributed by atoms with van der Waals surface area (Å²) >= 11 is 0. The third-order valence-electron chi connectivity index (χ3n) is 6.00. The van der Waals surface area contributed by atoms with E-state index >= 15 is 0 Å². The first kappa shape index (κ1) is 22.2. The summed E-state index contributed by atoms with van der Waals surface area (Å²) in [6.07, 6.45) is 0.967. The first-order valence-corrected chi connectivity index (χ1v) is 11.2. The van der Waals surface area contributed by atoms with Gasteiger partial charge in [-0.15, -0.1) is 10.2 Å². The smallest absolute Gasteiger partial charge is 0.251 e. The average molecular weight is 434 g/mol. The van der Waals surface area contributed by atoms with Gasteiger partial charge in [-0.2, -0.15) is 0 Å². The van der Waals surface area contributed by atoms with Crippen molar-refractivity contribution >= 4 is 5.91 Å². The van der Waals surface area contributed by atoms with Gasteiger partial charge in [-0.3, -0.25) is 4.79 Å². The summed E-state index contributed by atoms with van der Waals surface area (Å²) in [5.74, 6) is 1.03. The predicted octanol–water partition coefficient (Wildman–Crippen LogP) is 3.39. The average Bonchev–Trinajstić information content (AvgIpc) is 3.24. The van der Waals surface area contributed by atoms with Crippen LogP contribution in [0, 0.1) is 13.8 Å². The van der Waals surface area contributed by atoms with E-state index in [0.717, 1.165) is 61.4 Å². The third kappa shape index (κ3) is 5.41. The molecule has 0 unspecified atom stereocenters. The van der Waals surface area contributed by atoms with Crippen molar-refractivity contribution in [1.82, 2.24) is 25.3 Å². The number of carbonyl (C=O) groups is 1. The summed E-state index contributed by atoms with van der Waals surface area (Å²) in [4.78, 5) is 17.4. The molecule has 0 atom stereocenters. The van der Waals surface area contributed by atoms with E-state index in [4.69, 9.17) is 4.42 Å². The van der Waals surface area contributed by atoms with E-state index in [-0.39, 0.29) is 5.91 Å². The molecule has 0 radical (unpaired) electrons. The monoisotopic (exact) mass is 433 g/mol. The van der Waals surface area contributed by atoms with Gasteiger partial charge in [0.2, 0.25) is 11.8 Å². The van der Waals surface area contributed by atoms with Crippen LogP contribution in [0.25, 0.3) is 22.6 Å². The molecule has 1 aliphatic rings. The largest absolute Gasteiger partial charge is 0.421 e. The van der Waals surface area contributed by atoms with E-state index in [9.17, 15) is 4.79 Å². The molecule has 2 heterocycles. The Morgan fingerprint density at radius 2 is 1.72 bits per heavy atom. The highest BCUT2D eigenvalue weighted by molar-refractivity contribution is 5.94. The van der Waals surface area contributed by atoms with Gasteiger partial charge in [-0.05, 0) is 67.9 Å². The lowest BCUT2D eigenvalue weighted by Crippen LogP contribution is -2.45. The number of amides is 1. The topological polar surface area (TPSA) is 74.5 Å². The van der Waals surface area contributed by atoms with Gasteiger partial charge in [0, 0.05) is 50.8 Å². The minimum atomic E-state index is -0.0262. The van der Waals surface area contributed by atoms with Crippen molar-refractivity contribution in [3.8, 4) is 22.6 Å². The number of hydrogen-bond donors (Lipinski definition) is 1. The highest BCUT2D eigenvalue weighted by Crippen LogP contribution is 2.29. The summed E-state index contributed by atoms with van der Waals surface area (Å²) in [5.41, 5.74) is 4.83. The lowest BCUT2D eigenvalue weighted by molar-refractivity contribution is 0.0949. The van der Waals surface area contributed by atoms with Crippen LogP contribution in [0.3, 0.4) is 0 Å². The number of nitrogens with zero attached hydrogens (tertiary/aromatic N) is 4. The zero-order chi connectivity index (χ0) is 22.5. The molecule has 7 heteroatoms. The summed E-state index contributed by atoms with van der Waals surface area (Å²) in [6.45, 7) is 10.0. The molecule has 4 rings (SSSR count). The van der Waals surface area contributed by atoms with Crippen molar-refractivity contribution in [3.63, 3.8) is 0 Å². The molecule has 3 aromatic rings. The van der Waals surface area contributed by atoms with Crippen LogP contribution in [0.4, 0.5) is 0 Å². The Bertz CT molecular complexity index is 1050. The molecule has 1 amide bonds. The zero-order valence-electron chi connectivity index (χ0n) is 19.1. The van der Waals surface area contributed by atoms with Crippen LogP contribution in [-0.2, 0) is 0 Å².